The molecule has 6 nitrogen and oxygen atoms in total. The third-order valence-corrected chi connectivity index (χ3v) is 4.93. The van der Waals surface area contributed by atoms with Gasteiger partial charge in [0.25, 0.3) is 5.91 Å². The first-order valence-electron chi connectivity index (χ1n) is 9.60. The second-order valence-corrected chi connectivity index (χ2v) is 6.84. The number of nitrogens with zero attached hydrogens (tertiary/aromatic N) is 4. The third-order valence-electron chi connectivity index (χ3n) is 4.93. The molecule has 29 heavy (non-hydrogen) atoms. The molecule has 7 heteroatoms. The Kier molecular flexibility index (Phi) is 5.65. The number of rotatable bonds is 5. The van der Waals surface area contributed by atoms with Gasteiger partial charge in [0, 0.05) is 38.9 Å². The Hall–Kier alpha value is -3.48. The van der Waals surface area contributed by atoms with Crippen LogP contribution in [0.2, 0.25) is 0 Å². The zero-order chi connectivity index (χ0) is 20.1. The first-order valence-corrected chi connectivity index (χ1v) is 9.60. The Morgan fingerprint density at radius 1 is 0.966 bits per heavy atom. The third kappa shape index (κ3) is 4.51. The van der Waals surface area contributed by atoms with Crippen LogP contribution in [0.15, 0.2) is 66.9 Å². The smallest absolute Gasteiger partial charge is 0.272 e. The summed E-state index contributed by atoms with van der Waals surface area (Å²) in [5.41, 5.74) is 2.04. The zero-order valence-corrected chi connectivity index (χ0v) is 16.0. The van der Waals surface area contributed by atoms with Crippen molar-refractivity contribution >= 4 is 17.5 Å². The lowest BCUT2D eigenvalue weighted by molar-refractivity contribution is 0.0740. The largest absolute Gasteiger partial charge is 0.366 e. The molecule has 1 amide bonds. The van der Waals surface area contributed by atoms with Crippen LogP contribution in [0.1, 0.15) is 16.1 Å². The van der Waals surface area contributed by atoms with Crippen molar-refractivity contribution in [2.24, 2.45) is 0 Å². The number of anilines is 2. The summed E-state index contributed by atoms with van der Waals surface area (Å²) in [4.78, 5) is 25.1. The average Bonchev–Trinajstić information content (AvgIpc) is 2.79. The first-order chi connectivity index (χ1) is 14.2. The van der Waals surface area contributed by atoms with Gasteiger partial charge in [0.2, 0.25) is 5.95 Å². The molecule has 1 aromatic heterocycles. The molecule has 1 fully saturated rings. The standard InChI is InChI=1S/C22H22FN5O/c23-18-8-4-5-9-20(18)27-12-14-28(15-13-27)21(29)19-10-11-24-22(26-19)25-16-17-6-2-1-3-7-17/h1-11H,12-16H2,(H,24,25,26). The summed E-state index contributed by atoms with van der Waals surface area (Å²) < 4.78 is 14.0. The molecular formula is C22H22FN5O. The molecule has 148 valence electrons. The van der Waals surface area contributed by atoms with E-state index in [9.17, 15) is 9.18 Å². The van der Waals surface area contributed by atoms with Gasteiger partial charge in [-0.15, -0.1) is 0 Å². The highest BCUT2D eigenvalue weighted by molar-refractivity contribution is 5.92. The van der Waals surface area contributed by atoms with E-state index in [0.29, 0.717) is 50.1 Å². The Morgan fingerprint density at radius 2 is 1.69 bits per heavy atom. The normalized spacial score (nSPS) is 14.0. The summed E-state index contributed by atoms with van der Waals surface area (Å²) in [5.74, 6) is 0.0465. The highest BCUT2D eigenvalue weighted by atomic mass is 19.1. The van der Waals surface area contributed by atoms with Crippen LogP contribution in [-0.4, -0.2) is 47.0 Å². The molecule has 3 aromatic rings. The molecule has 1 aliphatic heterocycles. The summed E-state index contributed by atoms with van der Waals surface area (Å²) >= 11 is 0. The van der Waals surface area contributed by atoms with Crippen LogP contribution in [-0.2, 0) is 6.54 Å². The van der Waals surface area contributed by atoms with E-state index in [0.717, 1.165) is 5.56 Å². The van der Waals surface area contributed by atoms with Gasteiger partial charge >= 0.3 is 0 Å². The van der Waals surface area contributed by atoms with Crippen molar-refractivity contribution in [3.05, 3.63) is 83.9 Å². The number of para-hydroxylation sites is 1. The number of piperazine rings is 1. The number of hydrogen-bond donors (Lipinski definition) is 1. The van der Waals surface area contributed by atoms with Gasteiger partial charge in [-0.2, -0.15) is 0 Å². The Labute approximate surface area is 169 Å². The average molecular weight is 391 g/mol. The number of amides is 1. The SMILES string of the molecule is O=C(c1ccnc(NCc2ccccc2)n1)N1CCN(c2ccccc2F)CC1. The highest BCUT2D eigenvalue weighted by Gasteiger charge is 2.24. The van der Waals surface area contributed by atoms with E-state index >= 15 is 0 Å². The summed E-state index contributed by atoms with van der Waals surface area (Å²) in [6.07, 6.45) is 1.59. The van der Waals surface area contributed by atoms with Crippen molar-refractivity contribution in [2.75, 3.05) is 36.4 Å². The van der Waals surface area contributed by atoms with E-state index in [2.05, 4.69) is 15.3 Å². The van der Waals surface area contributed by atoms with Crippen molar-refractivity contribution in [3.8, 4) is 0 Å². The minimum atomic E-state index is -0.239. The number of nitrogens with one attached hydrogen (secondary N) is 1. The fourth-order valence-electron chi connectivity index (χ4n) is 3.36. The van der Waals surface area contributed by atoms with Crippen LogP contribution in [0.5, 0.6) is 0 Å². The Balaban J connectivity index is 1.37. The lowest BCUT2D eigenvalue weighted by atomic mass is 10.2. The van der Waals surface area contributed by atoms with Crippen molar-refractivity contribution in [1.29, 1.82) is 0 Å². The van der Waals surface area contributed by atoms with Crippen molar-refractivity contribution < 1.29 is 9.18 Å². The van der Waals surface area contributed by atoms with E-state index in [1.165, 1.54) is 6.07 Å². The van der Waals surface area contributed by atoms with Crippen molar-refractivity contribution in [1.82, 2.24) is 14.9 Å². The lowest BCUT2D eigenvalue weighted by Crippen LogP contribution is -2.49. The molecule has 2 aromatic carbocycles. The maximum atomic E-state index is 14.0. The van der Waals surface area contributed by atoms with Gasteiger partial charge in [-0.1, -0.05) is 42.5 Å². The molecule has 0 radical (unpaired) electrons. The molecule has 0 unspecified atom stereocenters. The topological polar surface area (TPSA) is 61.4 Å². The predicted molar refractivity (Wildman–Crippen MR) is 110 cm³/mol. The second-order valence-electron chi connectivity index (χ2n) is 6.84. The number of halogens is 1. The van der Waals surface area contributed by atoms with Crippen LogP contribution in [0.3, 0.4) is 0 Å². The Bertz CT molecular complexity index is 974. The minimum Gasteiger partial charge on any atom is -0.366 e. The molecule has 0 atom stereocenters. The molecule has 2 heterocycles. The predicted octanol–water partition coefficient (Wildman–Crippen LogP) is 3.19. The van der Waals surface area contributed by atoms with E-state index in [1.54, 1.807) is 29.3 Å². The van der Waals surface area contributed by atoms with Gasteiger partial charge < -0.3 is 15.1 Å². The highest BCUT2D eigenvalue weighted by Crippen LogP contribution is 2.20. The Morgan fingerprint density at radius 3 is 2.45 bits per heavy atom. The monoisotopic (exact) mass is 391 g/mol. The van der Waals surface area contributed by atoms with Crippen molar-refractivity contribution in [2.45, 2.75) is 6.54 Å². The molecule has 1 N–H and O–H groups in total. The van der Waals surface area contributed by atoms with Gasteiger partial charge in [-0.25, -0.2) is 14.4 Å². The van der Waals surface area contributed by atoms with Crippen LogP contribution >= 0.6 is 0 Å². The molecular weight excluding hydrogens is 369 g/mol. The maximum absolute atomic E-state index is 14.0. The molecule has 0 bridgehead atoms. The molecule has 4 rings (SSSR count). The fraction of sp³-hybridized carbons (Fsp3) is 0.227. The van der Waals surface area contributed by atoms with Crippen LogP contribution in [0, 0.1) is 5.82 Å². The maximum Gasteiger partial charge on any atom is 0.272 e. The van der Waals surface area contributed by atoms with E-state index in [4.69, 9.17) is 0 Å². The van der Waals surface area contributed by atoms with Crippen molar-refractivity contribution in [3.63, 3.8) is 0 Å². The quantitative estimate of drug-likeness (QED) is 0.724. The van der Waals surface area contributed by atoms with Crippen LogP contribution < -0.4 is 10.2 Å². The first kappa shape index (κ1) is 18.9. The summed E-state index contributed by atoms with van der Waals surface area (Å²) in [6.45, 7) is 2.78. The molecule has 0 saturated carbocycles. The molecule has 1 saturated heterocycles. The van der Waals surface area contributed by atoms with Gasteiger partial charge in [0.1, 0.15) is 11.5 Å². The number of carbonyl (C=O) groups is 1. The number of aromatic nitrogens is 2. The zero-order valence-electron chi connectivity index (χ0n) is 16.0. The van der Waals surface area contributed by atoms with Gasteiger partial charge in [0.05, 0.1) is 5.69 Å². The van der Waals surface area contributed by atoms with Gasteiger partial charge in [-0.05, 0) is 23.8 Å². The van der Waals surface area contributed by atoms with Crippen LogP contribution in [0.4, 0.5) is 16.0 Å². The molecule has 0 spiro atoms. The van der Waals surface area contributed by atoms with Crippen LogP contribution in [0.25, 0.3) is 0 Å². The summed E-state index contributed by atoms with van der Waals surface area (Å²) in [5, 5.41) is 3.15. The minimum absolute atomic E-state index is 0.136. The van der Waals surface area contributed by atoms with Gasteiger partial charge in [-0.3, -0.25) is 4.79 Å². The lowest BCUT2D eigenvalue weighted by Gasteiger charge is -2.36. The number of benzene rings is 2. The van der Waals surface area contributed by atoms with E-state index in [1.807, 2.05) is 41.3 Å². The summed E-state index contributed by atoms with van der Waals surface area (Å²) in [6, 6.07) is 18.3. The van der Waals surface area contributed by atoms with E-state index in [-0.39, 0.29) is 11.7 Å². The van der Waals surface area contributed by atoms with Gasteiger partial charge in [0.15, 0.2) is 0 Å². The summed E-state index contributed by atoms with van der Waals surface area (Å²) in [7, 11) is 0. The number of hydrogen-bond acceptors (Lipinski definition) is 5. The van der Waals surface area contributed by atoms with E-state index < -0.39 is 0 Å². The molecule has 1 aliphatic rings. The fourth-order valence-corrected chi connectivity index (χ4v) is 3.36. The molecule has 0 aliphatic carbocycles. The number of carbonyl (C=O) groups excluding carboxylic acids is 1. The second kappa shape index (κ2) is 8.68.